The number of hydrogen-bond donors (Lipinski definition) is 0. The Balaban J connectivity index is 1.79. The van der Waals surface area contributed by atoms with Gasteiger partial charge in [-0.3, -0.25) is 0 Å². The van der Waals surface area contributed by atoms with Gasteiger partial charge in [-0.1, -0.05) is 26.2 Å². The van der Waals surface area contributed by atoms with Crippen LogP contribution in [0.1, 0.15) is 58.8 Å². The highest BCUT2D eigenvalue weighted by Crippen LogP contribution is 2.38. The van der Waals surface area contributed by atoms with Crippen molar-refractivity contribution in [2.24, 2.45) is 5.41 Å². The van der Waals surface area contributed by atoms with E-state index >= 15 is 0 Å². The van der Waals surface area contributed by atoms with Crippen LogP contribution >= 0.6 is 0 Å². The Morgan fingerprint density at radius 2 is 2.18 bits per heavy atom. The Labute approximate surface area is 107 Å². The number of piperidine rings is 1. The standard InChI is InChI=1S/C15H29NO/c1-3-4-5-7-14(2)16-10-6-8-15(12-16)9-11-17-13-15/h14H,3-13H2,1-2H3. The Bertz CT molecular complexity index is 223. The largest absolute Gasteiger partial charge is 0.381 e. The Morgan fingerprint density at radius 3 is 2.88 bits per heavy atom. The molecule has 0 amide bonds. The molecule has 100 valence electrons. The third-order valence-corrected chi connectivity index (χ3v) is 4.72. The first kappa shape index (κ1) is 13.4. The molecule has 0 aromatic carbocycles. The lowest BCUT2D eigenvalue weighted by atomic mass is 9.79. The summed E-state index contributed by atoms with van der Waals surface area (Å²) in [5.74, 6) is 0. The summed E-state index contributed by atoms with van der Waals surface area (Å²) in [6, 6.07) is 0.777. The van der Waals surface area contributed by atoms with Gasteiger partial charge in [0.1, 0.15) is 0 Å². The zero-order valence-electron chi connectivity index (χ0n) is 11.7. The van der Waals surface area contributed by atoms with Gasteiger partial charge in [0.15, 0.2) is 0 Å². The fourth-order valence-electron chi connectivity index (χ4n) is 3.47. The molecule has 2 rings (SSSR count). The van der Waals surface area contributed by atoms with Gasteiger partial charge in [0, 0.05) is 24.6 Å². The molecule has 2 heteroatoms. The molecule has 2 unspecified atom stereocenters. The number of nitrogens with zero attached hydrogens (tertiary/aromatic N) is 1. The Morgan fingerprint density at radius 1 is 1.29 bits per heavy atom. The van der Waals surface area contributed by atoms with Gasteiger partial charge in [0.2, 0.25) is 0 Å². The van der Waals surface area contributed by atoms with Gasteiger partial charge in [0.25, 0.3) is 0 Å². The van der Waals surface area contributed by atoms with Gasteiger partial charge in [-0.05, 0) is 39.2 Å². The highest BCUT2D eigenvalue weighted by Gasteiger charge is 2.39. The van der Waals surface area contributed by atoms with E-state index in [2.05, 4.69) is 18.7 Å². The van der Waals surface area contributed by atoms with E-state index in [4.69, 9.17) is 4.74 Å². The molecule has 0 aromatic rings. The monoisotopic (exact) mass is 239 g/mol. The summed E-state index contributed by atoms with van der Waals surface area (Å²) < 4.78 is 5.64. The number of likely N-dealkylation sites (tertiary alicyclic amines) is 1. The average molecular weight is 239 g/mol. The van der Waals surface area contributed by atoms with Crippen LogP contribution in [0.15, 0.2) is 0 Å². The number of rotatable bonds is 5. The summed E-state index contributed by atoms with van der Waals surface area (Å²) in [5, 5.41) is 0. The molecule has 1 spiro atoms. The molecule has 2 aliphatic heterocycles. The fourth-order valence-corrected chi connectivity index (χ4v) is 3.47. The number of unbranched alkanes of at least 4 members (excludes halogenated alkanes) is 2. The number of hydrogen-bond acceptors (Lipinski definition) is 2. The number of ether oxygens (including phenoxy) is 1. The maximum atomic E-state index is 5.64. The highest BCUT2D eigenvalue weighted by molar-refractivity contribution is 4.91. The second-order valence-corrected chi connectivity index (χ2v) is 6.22. The molecular weight excluding hydrogens is 210 g/mol. The van der Waals surface area contributed by atoms with Crippen molar-refractivity contribution in [3.05, 3.63) is 0 Å². The molecule has 2 atom stereocenters. The highest BCUT2D eigenvalue weighted by atomic mass is 16.5. The summed E-state index contributed by atoms with van der Waals surface area (Å²) >= 11 is 0. The first-order valence-electron chi connectivity index (χ1n) is 7.57. The van der Waals surface area contributed by atoms with Crippen LogP contribution in [0.5, 0.6) is 0 Å². The van der Waals surface area contributed by atoms with E-state index in [0.29, 0.717) is 5.41 Å². The molecule has 2 fully saturated rings. The fraction of sp³-hybridized carbons (Fsp3) is 1.00. The van der Waals surface area contributed by atoms with Gasteiger partial charge in [-0.15, -0.1) is 0 Å². The van der Waals surface area contributed by atoms with E-state index in [1.807, 2.05) is 0 Å². The van der Waals surface area contributed by atoms with Gasteiger partial charge in [-0.2, -0.15) is 0 Å². The average Bonchev–Trinajstić information content (AvgIpc) is 2.77. The van der Waals surface area contributed by atoms with Crippen molar-refractivity contribution in [2.75, 3.05) is 26.3 Å². The van der Waals surface area contributed by atoms with Crippen molar-refractivity contribution in [3.63, 3.8) is 0 Å². The predicted octanol–water partition coefficient (Wildman–Crippen LogP) is 3.46. The molecule has 0 aliphatic carbocycles. The minimum absolute atomic E-state index is 0.525. The van der Waals surface area contributed by atoms with Crippen LogP contribution in [0.25, 0.3) is 0 Å². The van der Waals surface area contributed by atoms with Crippen molar-refractivity contribution < 1.29 is 4.74 Å². The van der Waals surface area contributed by atoms with Gasteiger partial charge in [0.05, 0.1) is 6.61 Å². The lowest BCUT2D eigenvalue weighted by Gasteiger charge is -2.42. The maximum Gasteiger partial charge on any atom is 0.0535 e. The van der Waals surface area contributed by atoms with Crippen molar-refractivity contribution in [2.45, 2.75) is 64.8 Å². The molecule has 0 aromatic heterocycles. The first-order chi connectivity index (χ1) is 8.26. The molecule has 0 N–H and O–H groups in total. The van der Waals surface area contributed by atoms with Gasteiger partial charge in [-0.25, -0.2) is 0 Å². The second kappa shape index (κ2) is 6.19. The van der Waals surface area contributed by atoms with Gasteiger partial charge < -0.3 is 9.64 Å². The van der Waals surface area contributed by atoms with E-state index in [0.717, 1.165) is 19.3 Å². The SMILES string of the molecule is CCCCCC(C)N1CCCC2(CCOC2)C1. The van der Waals surface area contributed by atoms with E-state index in [9.17, 15) is 0 Å². The van der Waals surface area contributed by atoms with Crippen molar-refractivity contribution in [1.29, 1.82) is 0 Å². The Hall–Kier alpha value is -0.0800. The van der Waals surface area contributed by atoms with Crippen LogP contribution in [-0.2, 0) is 4.74 Å². The topological polar surface area (TPSA) is 12.5 Å². The minimum Gasteiger partial charge on any atom is -0.381 e. The smallest absolute Gasteiger partial charge is 0.0535 e. The molecule has 0 saturated carbocycles. The van der Waals surface area contributed by atoms with Crippen molar-refractivity contribution in [3.8, 4) is 0 Å². The van der Waals surface area contributed by atoms with Crippen molar-refractivity contribution >= 4 is 0 Å². The zero-order valence-corrected chi connectivity index (χ0v) is 11.7. The molecule has 0 radical (unpaired) electrons. The van der Waals surface area contributed by atoms with Crippen LogP contribution in [0.2, 0.25) is 0 Å². The lowest BCUT2D eigenvalue weighted by Crippen LogP contribution is -2.47. The minimum atomic E-state index is 0.525. The normalized spacial score (nSPS) is 32.1. The lowest BCUT2D eigenvalue weighted by molar-refractivity contribution is 0.0450. The third kappa shape index (κ3) is 3.45. The van der Waals surface area contributed by atoms with E-state index in [1.165, 1.54) is 58.0 Å². The quantitative estimate of drug-likeness (QED) is 0.681. The maximum absolute atomic E-state index is 5.64. The summed E-state index contributed by atoms with van der Waals surface area (Å²) in [6.07, 6.45) is 9.58. The molecule has 2 aliphatic rings. The van der Waals surface area contributed by atoms with Crippen LogP contribution in [0.3, 0.4) is 0 Å². The molecular formula is C15H29NO. The van der Waals surface area contributed by atoms with Crippen LogP contribution in [-0.4, -0.2) is 37.2 Å². The molecule has 0 bridgehead atoms. The van der Waals surface area contributed by atoms with Crippen LogP contribution in [0.4, 0.5) is 0 Å². The van der Waals surface area contributed by atoms with E-state index < -0.39 is 0 Å². The first-order valence-corrected chi connectivity index (χ1v) is 7.57. The second-order valence-electron chi connectivity index (χ2n) is 6.22. The molecule has 17 heavy (non-hydrogen) atoms. The predicted molar refractivity (Wildman–Crippen MR) is 72.3 cm³/mol. The van der Waals surface area contributed by atoms with E-state index in [1.54, 1.807) is 0 Å². The zero-order chi connectivity index (χ0) is 12.1. The van der Waals surface area contributed by atoms with Crippen LogP contribution < -0.4 is 0 Å². The summed E-state index contributed by atoms with van der Waals surface area (Å²) in [6.45, 7) is 9.33. The van der Waals surface area contributed by atoms with Crippen LogP contribution in [0, 0.1) is 5.41 Å². The molecule has 2 nitrogen and oxygen atoms in total. The summed E-state index contributed by atoms with van der Waals surface area (Å²) in [5.41, 5.74) is 0.525. The molecule has 2 heterocycles. The third-order valence-electron chi connectivity index (χ3n) is 4.72. The van der Waals surface area contributed by atoms with Crippen molar-refractivity contribution in [1.82, 2.24) is 4.90 Å². The van der Waals surface area contributed by atoms with Gasteiger partial charge >= 0.3 is 0 Å². The van der Waals surface area contributed by atoms with E-state index in [-0.39, 0.29) is 0 Å². The molecule has 2 saturated heterocycles. The Kier molecular flexibility index (Phi) is 4.87. The summed E-state index contributed by atoms with van der Waals surface area (Å²) in [7, 11) is 0. The summed E-state index contributed by atoms with van der Waals surface area (Å²) in [4.78, 5) is 2.73.